The van der Waals surface area contributed by atoms with Gasteiger partial charge in [0, 0.05) is 31.7 Å². The van der Waals surface area contributed by atoms with Crippen LogP contribution in [0, 0.1) is 0 Å². The molecule has 3 N–H and O–H groups in total. The fourth-order valence-electron chi connectivity index (χ4n) is 2.89. The summed E-state index contributed by atoms with van der Waals surface area (Å²) in [7, 11) is 0. The first kappa shape index (κ1) is 23.4. The van der Waals surface area contributed by atoms with E-state index >= 15 is 0 Å². The van der Waals surface area contributed by atoms with Gasteiger partial charge in [0.2, 0.25) is 0 Å². The van der Waals surface area contributed by atoms with Gasteiger partial charge in [-0.3, -0.25) is 9.89 Å². The van der Waals surface area contributed by atoms with E-state index in [9.17, 15) is 5.11 Å². The Balaban J connectivity index is 2.36. The molecule has 1 unspecified atom stereocenters. The number of benzene rings is 1. The first-order valence-electron chi connectivity index (χ1n) is 10.0. The molecule has 27 heavy (non-hydrogen) atoms. The van der Waals surface area contributed by atoms with E-state index in [1.165, 1.54) is 0 Å². The molecule has 0 aromatic heterocycles. The number of aliphatic hydroxyl groups is 1. The lowest BCUT2D eigenvalue weighted by molar-refractivity contribution is 0.0331. The van der Waals surface area contributed by atoms with Gasteiger partial charge in [0.15, 0.2) is 5.96 Å². The minimum absolute atomic E-state index is 0.270. The topological polar surface area (TPSA) is 69.1 Å². The highest BCUT2D eigenvalue weighted by molar-refractivity contribution is 5.79. The summed E-state index contributed by atoms with van der Waals surface area (Å²) in [5.41, 5.74) is 1.10. The highest BCUT2D eigenvalue weighted by Crippen LogP contribution is 2.03. The molecule has 1 rings (SSSR count). The van der Waals surface area contributed by atoms with Crippen LogP contribution in [0.15, 0.2) is 35.3 Å². The van der Waals surface area contributed by atoms with Crippen molar-refractivity contribution in [2.24, 2.45) is 4.99 Å². The van der Waals surface area contributed by atoms with Gasteiger partial charge in [-0.1, -0.05) is 30.3 Å². The SMILES string of the molecule is CCNC(=NCC(O)COCc1ccccc1)NCCN(C(C)C)C(C)C. The lowest BCUT2D eigenvalue weighted by Gasteiger charge is -2.30. The van der Waals surface area contributed by atoms with E-state index in [-0.39, 0.29) is 6.61 Å². The lowest BCUT2D eigenvalue weighted by atomic mass is 10.2. The summed E-state index contributed by atoms with van der Waals surface area (Å²) in [6.45, 7) is 14.5. The monoisotopic (exact) mass is 378 g/mol. The third-order valence-electron chi connectivity index (χ3n) is 4.22. The number of rotatable bonds is 12. The van der Waals surface area contributed by atoms with Gasteiger partial charge in [0.1, 0.15) is 0 Å². The van der Waals surface area contributed by atoms with Gasteiger partial charge in [-0.25, -0.2) is 0 Å². The fourth-order valence-corrected chi connectivity index (χ4v) is 2.89. The van der Waals surface area contributed by atoms with Crippen LogP contribution >= 0.6 is 0 Å². The third-order valence-corrected chi connectivity index (χ3v) is 4.22. The zero-order valence-corrected chi connectivity index (χ0v) is 17.6. The first-order chi connectivity index (χ1) is 12.9. The van der Waals surface area contributed by atoms with E-state index in [2.05, 4.69) is 48.2 Å². The molecule has 0 aliphatic rings. The van der Waals surface area contributed by atoms with Crippen LogP contribution in [0.1, 0.15) is 40.2 Å². The number of hydrogen-bond acceptors (Lipinski definition) is 4. The van der Waals surface area contributed by atoms with Crippen molar-refractivity contribution >= 4 is 5.96 Å². The average molecular weight is 379 g/mol. The van der Waals surface area contributed by atoms with Gasteiger partial charge in [0.05, 0.1) is 25.9 Å². The van der Waals surface area contributed by atoms with Crippen LogP contribution in [-0.4, -0.2) is 66.9 Å². The Kier molecular flexibility index (Phi) is 11.7. The van der Waals surface area contributed by atoms with Gasteiger partial charge in [-0.15, -0.1) is 0 Å². The Hall–Kier alpha value is -1.63. The molecule has 0 bridgehead atoms. The summed E-state index contributed by atoms with van der Waals surface area (Å²) in [6, 6.07) is 11.0. The van der Waals surface area contributed by atoms with Gasteiger partial charge in [0.25, 0.3) is 0 Å². The number of nitrogens with zero attached hydrogens (tertiary/aromatic N) is 2. The van der Waals surface area contributed by atoms with Crippen LogP contribution in [0.25, 0.3) is 0 Å². The maximum Gasteiger partial charge on any atom is 0.191 e. The summed E-state index contributed by atoms with van der Waals surface area (Å²) >= 11 is 0. The molecule has 0 heterocycles. The molecule has 0 saturated heterocycles. The van der Waals surface area contributed by atoms with Crippen molar-refractivity contribution in [3.8, 4) is 0 Å². The molecule has 6 heteroatoms. The zero-order valence-electron chi connectivity index (χ0n) is 17.6. The van der Waals surface area contributed by atoms with Gasteiger partial charge >= 0.3 is 0 Å². The number of ether oxygens (including phenoxy) is 1. The summed E-state index contributed by atoms with van der Waals surface area (Å²) in [5, 5.41) is 16.7. The number of hydrogen-bond donors (Lipinski definition) is 3. The second-order valence-corrected chi connectivity index (χ2v) is 7.23. The molecule has 1 aromatic rings. The molecule has 154 valence electrons. The first-order valence-corrected chi connectivity index (χ1v) is 10.0. The highest BCUT2D eigenvalue weighted by Gasteiger charge is 2.12. The van der Waals surface area contributed by atoms with Crippen LogP contribution in [0.5, 0.6) is 0 Å². The van der Waals surface area contributed by atoms with Crippen molar-refractivity contribution in [2.75, 3.05) is 32.8 Å². The highest BCUT2D eigenvalue weighted by atomic mass is 16.5. The predicted molar refractivity (Wildman–Crippen MR) is 113 cm³/mol. The molecule has 0 aliphatic heterocycles. The molecule has 0 fully saturated rings. The van der Waals surface area contributed by atoms with Crippen molar-refractivity contribution in [2.45, 2.75) is 59.4 Å². The van der Waals surface area contributed by atoms with Crippen LogP contribution in [0.4, 0.5) is 0 Å². The molecule has 0 spiro atoms. The quantitative estimate of drug-likeness (QED) is 0.384. The fraction of sp³-hybridized carbons (Fsp3) is 0.667. The van der Waals surface area contributed by atoms with E-state index < -0.39 is 6.10 Å². The average Bonchev–Trinajstić information content (AvgIpc) is 2.63. The van der Waals surface area contributed by atoms with Crippen molar-refractivity contribution in [1.29, 1.82) is 0 Å². The van der Waals surface area contributed by atoms with Crippen LogP contribution in [0.2, 0.25) is 0 Å². The molecule has 0 radical (unpaired) electrons. The summed E-state index contributed by atoms with van der Waals surface area (Å²) in [4.78, 5) is 6.90. The van der Waals surface area contributed by atoms with Crippen molar-refractivity contribution in [3.05, 3.63) is 35.9 Å². The molecule has 1 aromatic carbocycles. The van der Waals surface area contributed by atoms with Crippen molar-refractivity contribution in [1.82, 2.24) is 15.5 Å². The molecule has 0 aliphatic carbocycles. The molecule has 0 saturated carbocycles. The van der Waals surface area contributed by atoms with Gasteiger partial charge in [-0.05, 0) is 40.2 Å². The van der Waals surface area contributed by atoms with E-state index in [0.717, 1.165) is 31.2 Å². The van der Waals surface area contributed by atoms with Crippen molar-refractivity contribution in [3.63, 3.8) is 0 Å². The van der Waals surface area contributed by atoms with E-state index in [1.54, 1.807) is 0 Å². The maximum absolute atomic E-state index is 10.1. The zero-order chi connectivity index (χ0) is 20.1. The minimum atomic E-state index is -0.619. The molecule has 0 amide bonds. The molecule has 1 atom stereocenters. The second kappa shape index (κ2) is 13.5. The third kappa shape index (κ3) is 10.3. The molecule has 6 nitrogen and oxygen atoms in total. The number of aliphatic hydroxyl groups excluding tert-OH is 1. The maximum atomic E-state index is 10.1. The molecular formula is C21H38N4O2. The Morgan fingerprint density at radius 1 is 1.11 bits per heavy atom. The van der Waals surface area contributed by atoms with Crippen LogP contribution < -0.4 is 10.6 Å². The van der Waals surface area contributed by atoms with Gasteiger partial charge < -0.3 is 20.5 Å². The Bertz CT molecular complexity index is 512. The minimum Gasteiger partial charge on any atom is -0.389 e. The summed E-state index contributed by atoms with van der Waals surface area (Å²) in [5.74, 6) is 0.729. The lowest BCUT2D eigenvalue weighted by Crippen LogP contribution is -2.45. The number of nitrogens with one attached hydrogen (secondary N) is 2. The summed E-state index contributed by atoms with van der Waals surface area (Å²) in [6.07, 6.45) is -0.619. The van der Waals surface area contributed by atoms with E-state index in [4.69, 9.17) is 4.74 Å². The number of aliphatic imine (C=N–C) groups is 1. The standard InChI is InChI=1S/C21H38N4O2/c1-6-22-21(23-12-13-25(17(2)3)18(4)5)24-14-20(26)16-27-15-19-10-8-7-9-11-19/h7-11,17-18,20,26H,6,12-16H2,1-5H3,(H2,22,23,24). The predicted octanol–water partition coefficient (Wildman–Crippen LogP) is 2.24. The number of guanidine groups is 1. The van der Waals surface area contributed by atoms with E-state index in [0.29, 0.717) is 25.2 Å². The summed E-state index contributed by atoms with van der Waals surface area (Å²) < 4.78 is 5.57. The van der Waals surface area contributed by atoms with Crippen LogP contribution in [-0.2, 0) is 11.3 Å². The van der Waals surface area contributed by atoms with Crippen LogP contribution in [0.3, 0.4) is 0 Å². The Labute approximate surface area is 165 Å². The van der Waals surface area contributed by atoms with E-state index in [1.807, 2.05) is 37.3 Å². The largest absolute Gasteiger partial charge is 0.389 e. The van der Waals surface area contributed by atoms with Crippen molar-refractivity contribution < 1.29 is 9.84 Å². The normalized spacial score (nSPS) is 13.4. The smallest absolute Gasteiger partial charge is 0.191 e. The second-order valence-electron chi connectivity index (χ2n) is 7.23. The molecular weight excluding hydrogens is 340 g/mol. The Morgan fingerprint density at radius 3 is 2.37 bits per heavy atom. The Morgan fingerprint density at radius 2 is 1.78 bits per heavy atom. The van der Waals surface area contributed by atoms with Gasteiger partial charge in [-0.2, -0.15) is 0 Å².